The highest BCUT2D eigenvalue weighted by molar-refractivity contribution is 4.88. The van der Waals surface area contributed by atoms with Crippen molar-refractivity contribution in [3.8, 4) is 0 Å². The molecule has 0 amide bonds. The largest absolute Gasteiger partial charge is 0.313 e. The molecule has 1 saturated carbocycles. The van der Waals surface area contributed by atoms with E-state index in [0.717, 1.165) is 23.8 Å². The number of piperidine rings is 1. The fourth-order valence-corrected chi connectivity index (χ4v) is 3.53. The third-order valence-electron chi connectivity index (χ3n) is 4.47. The summed E-state index contributed by atoms with van der Waals surface area (Å²) in [7, 11) is 0. The molecule has 0 radical (unpaired) electrons. The van der Waals surface area contributed by atoms with Gasteiger partial charge in [0.25, 0.3) is 0 Å². The molecule has 4 atom stereocenters. The molecule has 1 saturated heterocycles. The van der Waals surface area contributed by atoms with E-state index in [2.05, 4.69) is 19.2 Å². The zero-order valence-corrected chi connectivity index (χ0v) is 9.76. The van der Waals surface area contributed by atoms with Crippen LogP contribution in [0.3, 0.4) is 0 Å². The third-order valence-corrected chi connectivity index (χ3v) is 4.47. The normalized spacial score (nSPS) is 45.0. The third kappa shape index (κ3) is 2.13. The maximum absolute atomic E-state index is 3.77. The molecule has 1 heteroatoms. The van der Waals surface area contributed by atoms with Gasteiger partial charge in [-0.25, -0.2) is 0 Å². The second-order valence-electron chi connectivity index (χ2n) is 5.53. The van der Waals surface area contributed by atoms with Crippen molar-refractivity contribution < 1.29 is 0 Å². The molecule has 14 heavy (non-hydrogen) atoms. The van der Waals surface area contributed by atoms with E-state index >= 15 is 0 Å². The first-order valence-electron chi connectivity index (χ1n) is 6.52. The van der Waals surface area contributed by atoms with Gasteiger partial charge in [-0.15, -0.1) is 0 Å². The van der Waals surface area contributed by atoms with Gasteiger partial charge in [-0.05, 0) is 43.6 Å². The van der Waals surface area contributed by atoms with Crippen LogP contribution in [0.15, 0.2) is 0 Å². The molecule has 82 valence electrons. The van der Waals surface area contributed by atoms with Crippen molar-refractivity contribution in [2.24, 2.45) is 17.8 Å². The molecule has 0 aromatic rings. The van der Waals surface area contributed by atoms with Crippen LogP contribution in [0.25, 0.3) is 0 Å². The number of hydrogen-bond donors (Lipinski definition) is 1. The van der Waals surface area contributed by atoms with Gasteiger partial charge in [0.2, 0.25) is 0 Å². The Balaban J connectivity index is 1.96. The Hall–Kier alpha value is -0.0400. The van der Waals surface area contributed by atoms with Gasteiger partial charge in [0.05, 0.1) is 0 Å². The topological polar surface area (TPSA) is 12.0 Å². The molecule has 1 nitrogen and oxygen atoms in total. The summed E-state index contributed by atoms with van der Waals surface area (Å²) in [4.78, 5) is 0. The van der Waals surface area contributed by atoms with Crippen LogP contribution in [-0.4, -0.2) is 12.6 Å². The number of hydrogen-bond acceptors (Lipinski definition) is 1. The van der Waals surface area contributed by atoms with Gasteiger partial charge in [0.15, 0.2) is 0 Å². The minimum Gasteiger partial charge on any atom is -0.313 e. The smallest absolute Gasteiger partial charge is 0.0123 e. The van der Waals surface area contributed by atoms with Crippen LogP contribution in [0.4, 0.5) is 0 Å². The highest BCUT2D eigenvalue weighted by atomic mass is 14.9. The molecule has 4 unspecified atom stereocenters. The molecular formula is C13H25N. The summed E-state index contributed by atoms with van der Waals surface area (Å²) in [6.45, 7) is 6.17. The summed E-state index contributed by atoms with van der Waals surface area (Å²) >= 11 is 0. The fraction of sp³-hybridized carbons (Fsp3) is 1.00. The monoisotopic (exact) mass is 195 g/mol. The van der Waals surface area contributed by atoms with E-state index in [1.807, 2.05) is 0 Å². The lowest BCUT2D eigenvalue weighted by Gasteiger charge is -2.41. The first-order valence-corrected chi connectivity index (χ1v) is 6.52. The number of nitrogens with one attached hydrogen (secondary N) is 1. The molecule has 2 aliphatic rings. The van der Waals surface area contributed by atoms with Gasteiger partial charge in [-0.1, -0.05) is 33.1 Å². The fourth-order valence-electron chi connectivity index (χ4n) is 3.53. The van der Waals surface area contributed by atoms with E-state index in [9.17, 15) is 0 Å². The average molecular weight is 195 g/mol. The van der Waals surface area contributed by atoms with E-state index in [4.69, 9.17) is 0 Å². The highest BCUT2D eigenvalue weighted by Crippen LogP contribution is 2.36. The summed E-state index contributed by atoms with van der Waals surface area (Å²) in [5, 5.41) is 3.77. The molecule has 0 aromatic carbocycles. The maximum atomic E-state index is 3.77. The minimum absolute atomic E-state index is 0.832. The first kappa shape index (κ1) is 10.5. The Kier molecular flexibility index (Phi) is 3.48. The molecule has 0 aromatic heterocycles. The van der Waals surface area contributed by atoms with Crippen LogP contribution in [0, 0.1) is 17.8 Å². The molecule has 0 bridgehead atoms. The second kappa shape index (κ2) is 4.65. The van der Waals surface area contributed by atoms with Crippen molar-refractivity contribution >= 4 is 0 Å². The van der Waals surface area contributed by atoms with Crippen molar-refractivity contribution in [2.45, 2.75) is 58.4 Å². The summed E-state index contributed by atoms with van der Waals surface area (Å²) < 4.78 is 0. The molecule has 0 spiro atoms. The SMILES string of the molecule is CC1CCCCC1C1NCCCC1C. The zero-order chi connectivity index (χ0) is 9.97. The van der Waals surface area contributed by atoms with E-state index in [1.54, 1.807) is 0 Å². The minimum atomic E-state index is 0.832. The van der Waals surface area contributed by atoms with Crippen molar-refractivity contribution in [3.05, 3.63) is 0 Å². The summed E-state index contributed by atoms with van der Waals surface area (Å²) in [5.41, 5.74) is 0. The average Bonchev–Trinajstić information content (AvgIpc) is 2.20. The van der Waals surface area contributed by atoms with Crippen LogP contribution in [-0.2, 0) is 0 Å². The predicted molar refractivity (Wildman–Crippen MR) is 61.3 cm³/mol. The van der Waals surface area contributed by atoms with Gasteiger partial charge < -0.3 is 5.32 Å². The van der Waals surface area contributed by atoms with Crippen LogP contribution < -0.4 is 5.32 Å². The molecule has 1 aliphatic heterocycles. The van der Waals surface area contributed by atoms with Crippen LogP contribution in [0.1, 0.15) is 52.4 Å². The number of rotatable bonds is 1. The Labute approximate surface area is 88.7 Å². The van der Waals surface area contributed by atoms with Crippen molar-refractivity contribution in [3.63, 3.8) is 0 Å². The van der Waals surface area contributed by atoms with Crippen molar-refractivity contribution in [1.29, 1.82) is 0 Å². The van der Waals surface area contributed by atoms with E-state index < -0.39 is 0 Å². The Bertz CT molecular complexity index is 158. The van der Waals surface area contributed by atoms with Crippen molar-refractivity contribution in [2.75, 3.05) is 6.54 Å². The van der Waals surface area contributed by atoms with Crippen LogP contribution >= 0.6 is 0 Å². The molecule has 1 heterocycles. The summed E-state index contributed by atoms with van der Waals surface area (Å²) in [6, 6.07) is 0.832. The Morgan fingerprint density at radius 2 is 1.57 bits per heavy atom. The van der Waals surface area contributed by atoms with Gasteiger partial charge in [-0.2, -0.15) is 0 Å². The lowest BCUT2D eigenvalue weighted by molar-refractivity contribution is 0.135. The van der Waals surface area contributed by atoms with Gasteiger partial charge in [0.1, 0.15) is 0 Å². The predicted octanol–water partition coefficient (Wildman–Crippen LogP) is 3.20. The van der Waals surface area contributed by atoms with E-state index in [-0.39, 0.29) is 0 Å². The van der Waals surface area contributed by atoms with Gasteiger partial charge in [0, 0.05) is 6.04 Å². The second-order valence-corrected chi connectivity index (χ2v) is 5.53. The summed E-state index contributed by atoms with van der Waals surface area (Å²) in [5.74, 6) is 2.84. The standard InChI is InChI=1S/C13H25N/c1-10-6-3-4-8-12(10)13-11(2)7-5-9-14-13/h10-14H,3-9H2,1-2H3. The van der Waals surface area contributed by atoms with Crippen LogP contribution in [0.2, 0.25) is 0 Å². The maximum Gasteiger partial charge on any atom is 0.0123 e. The summed E-state index contributed by atoms with van der Waals surface area (Å²) in [6.07, 6.45) is 8.72. The Morgan fingerprint density at radius 3 is 2.29 bits per heavy atom. The lowest BCUT2D eigenvalue weighted by atomic mass is 9.71. The molecule has 1 aliphatic carbocycles. The van der Waals surface area contributed by atoms with Gasteiger partial charge >= 0.3 is 0 Å². The lowest BCUT2D eigenvalue weighted by Crippen LogP contribution is -2.48. The van der Waals surface area contributed by atoms with Crippen LogP contribution in [0.5, 0.6) is 0 Å². The molecule has 2 fully saturated rings. The molecular weight excluding hydrogens is 170 g/mol. The molecule has 1 N–H and O–H groups in total. The van der Waals surface area contributed by atoms with E-state index in [1.165, 1.54) is 45.1 Å². The quantitative estimate of drug-likeness (QED) is 0.677. The Morgan fingerprint density at radius 1 is 0.857 bits per heavy atom. The zero-order valence-electron chi connectivity index (χ0n) is 9.76. The van der Waals surface area contributed by atoms with Crippen molar-refractivity contribution in [1.82, 2.24) is 5.32 Å². The van der Waals surface area contributed by atoms with Gasteiger partial charge in [-0.3, -0.25) is 0 Å². The first-order chi connectivity index (χ1) is 6.79. The highest BCUT2D eigenvalue weighted by Gasteiger charge is 2.33. The molecule has 2 rings (SSSR count). The van der Waals surface area contributed by atoms with E-state index in [0.29, 0.717) is 0 Å².